The number of rotatable bonds is 7. The molecule has 0 saturated carbocycles. The highest BCUT2D eigenvalue weighted by Crippen LogP contribution is 2.14. The van der Waals surface area contributed by atoms with E-state index in [1.165, 1.54) is 0 Å². The summed E-state index contributed by atoms with van der Waals surface area (Å²) in [6, 6.07) is 13.2. The molecule has 1 N–H and O–H groups in total. The number of furan rings is 1. The highest BCUT2D eigenvalue weighted by Gasteiger charge is 2.16. The number of urea groups is 1. The number of hydrogen-bond acceptors (Lipinski definition) is 4. The molecule has 25 heavy (non-hydrogen) atoms. The Morgan fingerprint density at radius 2 is 2.00 bits per heavy atom. The molecule has 0 aliphatic heterocycles. The Kier molecular flexibility index (Phi) is 5.74. The Balaban J connectivity index is 1.62. The van der Waals surface area contributed by atoms with E-state index in [9.17, 15) is 4.79 Å². The van der Waals surface area contributed by atoms with Crippen molar-refractivity contribution in [3.63, 3.8) is 0 Å². The van der Waals surface area contributed by atoms with Crippen LogP contribution in [0.1, 0.15) is 16.9 Å². The Hall–Kier alpha value is -2.73. The van der Waals surface area contributed by atoms with Crippen molar-refractivity contribution in [3.05, 3.63) is 76.4 Å². The summed E-state index contributed by atoms with van der Waals surface area (Å²) in [5, 5.41) is 7.03. The summed E-state index contributed by atoms with van der Waals surface area (Å²) in [4.78, 5) is 14.4. The van der Waals surface area contributed by atoms with Crippen LogP contribution in [0.25, 0.3) is 0 Å². The Morgan fingerprint density at radius 3 is 2.64 bits per heavy atom. The molecule has 2 heterocycles. The van der Waals surface area contributed by atoms with E-state index in [2.05, 4.69) is 5.32 Å². The van der Waals surface area contributed by atoms with E-state index in [1.807, 2.05) is 53.2 Å². The molecule has 0 aliphatic rings. The van der Waals surface area contributed by atoms with Gasteiger partial charge in [-0.3, -0.25) is 0 Å². The van der Waals surface area contributed by atoms with E-state index >= 15 is 0 Å². The van der Waals surface area contributed by atoms with Gasteiger partial charge in [0.1, 0.15) is 11.5 Å². The number of nitrogens with one attached hydrogen (secondary N) is 1. The van der Waals surface area contributed by atoms with Crippen LogP contribution < -0.4 is 10.1 Å². The predicted molar refractivity (Wildman–Crippen MR) is 97.5 cm³/mol. The Labute approximate surface area is 150 Å². The van der Waals surface area contributed by atoms with Gasteiger partial charge < -0.3 is 19.4 Å². The van der Waals surface area contributed by atoms with Crippen molar-refractivity contribution in [2.75, 3.05) is 7.11 Å². The van der Waals surface area contributed by atoms with Gasteiger partial charge in [0.15, 0.2) is 0 Å². The van der Waals surface area contributed by atoms with Gasteiger partial charge in [0.05, 0.1) is 19.9 Å². The zero-order valence-corrected chi connectivity index (χ0v) is 14.8. The van der Waals surface area contributed by atoms with Gasteiger partial charge in [0, 0.05) is 13.1 Å². The second-order valence-corrected chi connectivity index (χ2v) is 6.35. The average molecular weight is 356 g/mol. The molecule has 6 heteroatoms. The molecule has 0 saturated heterocycles. The maximum Gasteiger partial charge on any atom is 0.318 e. The van der Waals surface area contributed by atoms with Crippen LogP contribution in [0, 0.1) is 0 Å². The lowest BCUT2D eigenvalue weighted by molar-refractivity contribution is 0.187. The monoisotopic (exact) mass is 356 g/mol. The molecule has 0 spiro atoms. The third kappa shape index (κ3) is 4.87. The summed E-state index contributed by atoms with van der Waals surface area (Å²) in [5.41, 5.74) is 2.12. The smallest absolute Gasteiger partial charge is 0.318 e. The number of amides is 2. The maximum atomic E-state index is 12.6. The van der Waals surface area contributed by atoms with Crippen molar-refractivity contribution in [1.82, 2.24) is 10.2 Å². The third-order valence-electron chi connectivity index (χ3n) is 3.77. The molecule has 130 valence electrons. The first kappa shape index (κ1) is 17.1. The van der Waals surface area contributed by atoms with Crippen molar-refractivity contribution in [3.8, 4) is 5.75 Å². The van der Waals surface area contributed by atoms with Gasteiger partial charge in [-0.15, -0.1) is 0 Å². The van der Waals surface area contributed by atoms with Gasteiger partial charge >= 0.3 is 6.03 Å². The van der Waals surface area contributed by atoms with Gasteiger partial charge in [0.25, 0.3) is 0 Å². The molecule has 2 aromatic heterocycles. The zero-order chi connectivity index (χ0) is 17.5. The van der Waals surface area contributed by atoms with Crippen LogP contribution in [0.3, 0.4) is 0 Å². The molecular weight excluding hydrogens is 336 g/mol. The van der Waals surface area contributed by atoms with Crippen molar-refractivity contribution in [2.24, 2.45) is 0 Å². The number of thiophene rings is 1. The number of methoxy groups -OCH3 is 1. The topological polar surface area (TPSA) is 54.7 Å². The first-order valence-corrected chi connectivity index (χ1v) is 8.88. The summed E-state index contributed by atoms with van der Waals surface area (Å²) in [6.07, 6.45) is 1.62. The van der Waals surface area contributed by atoms with Gasteiger partial charge in [-0.1, -0.05) is 12.1 Å². The Morgan fingerprint density at radius 1 is 1.16 bits per heavy atom. The van der Waals surface area contributed by atoms with Crippen molar-refractivity contribution in [1.29, 1.82) is 0 Å². The molecule has 1 aromatic carbocycles. The van der Waals surface area contributed by atoms with Crippen LogP contribution in [0.2, 0.25) is 0 Å². The first-order valence-electron chi connectivity index (χ1n) is 7.94. The maximum absolute atomic E-state index is 12.6. The minimum absolute atomic E-state index is 0.126. The molecule has 0 fully saturated rings. The minimum atomic E-state index is -0.126. The SMILES string of the molecule is COc1ccc(CNC(=O)N(Cc2ccsc2)Cc2ccco2)cc1. The van der Waals surface area contributed by atoms with E-state index in [0.29, 0.717) is 19.6 Å². The van der Waals surface area contributed by atoms with Gasteiger partial charge in [-0.05, 0) is 52.2 Å². The summed E-state index contributed by atoms with van der Waals surface area (Å²) in [6.45, 7) is 1.43. The number of carbonyl (C=O) groups excluding carboxylic acids is 1. The normalized spacial score (nSPS) is 10.4. The van der Waals surface area contributed by atoms with Gasteiger partial charge in [0.2, 0.25) is 0 Å². The molecule has 0 atom stereocenters. The van der Waals surface area contributed by atoms with Crippen LogP contribution in [0.15, 0.2) is 63.9 Å². The molecule has 5 nitrogen and oxygen atoms in total. The molecule has 0 unspecified atom stereocenters. The van der Waals surface area contributed by atoms with E-state index in [4.69, 9.17) is 9.15 Å². The van der Waals surface area contributed by atoms with Crippen LogP contribution in [-0.2, 0) is 19.6 Å². The number of hydrogen-bond donors (Lipinski definition) is 1. The zero-order valence-electron chi connectivity index (χ0n) is 14.0. The van der Waals surface area contributed by atoms with Crippen LogP contribution >= 0.6 is 11.3 Å². The molecule has 3 aromatic rings. The summed E-state index contributed by atoms with van der Waals surface area (Å²) in [7, 11) is 1.63. The van der Waals surface area contributed by atoms with Crippen LogP contribution in [-0.4, -0.2) is 18.0 Å². The lowest BCUT2D eigenvalue weighted by Gasteiger charge is -2.22. The lowest BCUT2D eigenvalue weighted by atomic mass is 10.2. The second kappa shape index (κ2) is 8.39. The number of nitrogens with zero attached hydrogens (tertiary/aromatic N) is 1. The third-order valence-corrected chi connectivity index (χ3v) is 4.50. The van der Waals surface area contributed by atoms with E-state index < -0.39 is 0 Å². The summed E-state index contributed by atoms with van der Waals surface area (Å²) in [5.74, 6) is 1.56. The van der Waals surface area contributed by atoms with E-state index in [0.717, 1.165) is 22.6 Å². The number of ether oxygens (including phenoxy) is 1. The molecule has 0 aliphatic carbocycles. The van der Waals surface area contributed by atoms with Gasteiger partial charge in [-0.2, -0.15) is 11.3 Å². The summed E-state index contributed by atoms with van der Waals surface area (Å²) < 4.78 is 10.5. The average Bonchev–Trinajstić information content (AvgIpc) is 3.33. The van der Waals surface area contributed by atoms with Crippen molar-refractivity contribution >= 4 is 17.4 Å². The predicted octanol–water partition coefficient (Wildman–Crippen LogP) is 4.26. The molecular formula is C19H20N2O3S. The molecule has 2 amide bonds. The van der Waals surface area contributed by atoms with Crippen LogP contribution in [0.4, 0.5) is 4.79 Å². The fourth-order valence-corrected chi connectivity index (χ4v) is 3.09. The Bertz CT molecular complexity index is 731. The number of carbonyl (C=O) groups is 1. The lowest BCUT2D eigenvalue weighted by Crippen LogP contribution is -2.38. The van der Waals surface area contributed by atoms with Crippen LogP contribution in [0.5, 0.6) is 5.75 Å². The molecule has 0 bridgehead atoms. The van der Waals surface area contributed by atoms with E-state index in [1.54, 1.807) is 29.6 Å². The molecule has 3 rings (SSSR count). The summed E-state index contributed by atoms with van der Waals surface area (Å²) >= 11 is 1.62. The fraction of sp³-hybridized carbons (Fsp3) is 0.211. The molecule has 0 radical (unpaired) electrons. The first-order chi connectivity index (χ1) is 12.2. The highest BCUT2D eigenvalue weighted by molar-refractivity contribution is 7.07. The minimum Gasteiger partial charge on any atom is -0.497 e. The van der Waals surface area contributed by atoms with Crippen molar-refractivity contribution < 1.29 is 13.9 Å². The van der Waals surface area contributed by atoms with Gasteiger partial charge in [-0.25, -0.2) is 4.79 Å². The largest absolute Gasteiger partial charge is 0.497 e. The standard InChI is InChI=1S/C19H20N2O3S/c1-23-17-6-4-15(5-7-17)11-20-19(22)21(12-16-8-10-25-14-16)13-18-3-2-9-24-18/h2-10,14H,11-13H2,1H3,(H,20,22). The van der Waals surface area contributed by atoms with E-state index in [-0.39, 0.29) is 6.03 Å². The number of benzene rings is 1. The highest BCUT2D eigenvalue weighted by atomic mass is 32.1. The second-order valence-electron chi connectivity index (χ2n) is 5.57. The fourth-order valence-electron chi connectivity index (χ4n) is 2.43. The quantitative estimate of drug-likeness (QED) is 0.688. The van der Waals surface area contributed by atoms with Crippen molar-refractivity contribution in [2.45, 2.75) is 19.6 Å².